The van der Waals surface area contributed by atoms with Gasteiger partial charge < -0.3 is 5.11 Å². The molecule has 1 aromatic rings. The van der Waals surface area contributed by atoms with Crippen LogP contribution in [0.25, 0.3) is 0 Å². The molecule has 0 spiro atoms. The number of aromatic hydroxyl groups is 1. The second kappa shape index (κ2) is 7.17. The van der Waals surface area contributed by atoms with Crippen LogP contribution in [0, 0.1) is 0 Å². The molecule has 0 aliphatic rings. The molecule has 0 fully saturated rings. The molecule has 0 aromatic heterocycles. The van der Waals surface area contributed by atoms with E-state index in [1.807, 2.05) is 32.9 Å². The van der Waals surface area contributed by atoms with E-state index < -0.39 is 0 Å². The fraction of sp³-hybridized carbons (Fsp3) is 0.632. The first-order valence-corrected chi connectivity index (χ1v) is 8.31. The molecule has 2 N–H and O–H groups in total. The number of rotatable bonds is 5. The maximum atomic E-state index is 10.6. The Hall–Kier alpha value is -1.51. The number of phenols is 1. The highest BCUT2D eigenvalue weighted by atomic mass is 16.5. The lowest BCUT2D eigenvalue weighted by Gasteiger charge is -2.19. The highest BCUT2D eigenvalue weighted by molar-refractivity contribution is 5.77. The largest absolute Gasteiger partial charge is 0.507 e. The Labute approximate surface area is 135 Å². The minimum atomic E-state index is -0.356. The molecule has 0 radical (unpaired) electrons. The SMILES string of the molecule is CCC(C)c1cc(/C=[N+](\O)C(C)(C)C)cc(C(C)CC)c1O. The summed E-state index contributed by atoms with van der Waals surface area (Å²) in [5.41, 5.74) is 2.51. The Balaban J connectivity index is 3.47. The summed E-state index contributed by atoms with van der Waals surface area (Å²) >= 11 is 0. The van der Waals surface area contributed by atoms with E-state index in [9.17, 15) is 10.3 Å². The lowest BCUT2D eigenvalue weighted by Crippen LogP contribution is -2.31. The highest BCUT2D eigenvalue weighted by Crippen LogP contribution is 2.36. The fourth-order valence-corrected chi connectivity index (χ4v) is 2.30. The van der Waals surface area contributed by atoms with Crippen LogP contribution in [0.5, 0.6) is 5.75 Å². The molecule has 0 aliphatic heterocycles. The van der Waals surface area contributed by atoms with Crippen LogP contribution >= 0.6 is 0 Å². The van der Waals surface area contributed by atoms with Crippen molar-refractivity contribution in [2.75, 3.05) is 0 Å². The number of hydroxylamine groups is 1. The Morgan fingerprint density at radius 3 is 1.77 bits per heavy atom. The summed E-state index contributed by atoms with van der Waals surface area (Å²) in [5.74, 6) is 0.997. The van der Waals surface area contributed by atoms with E-state index in [4.69, 9.17) is 0 Å². The molecule has 0 saturated carbocycles. The van der Waals surface area contributed by atoms with Gasteiger partial charge in [-0.25, -0.2) is 0 Å². The number of hydrogen-bond donors (Lipinski definition) is 2. The van der Waals surface area contributed by atoms with Gasteiger partial charge in [-0.15, -0.1) is 0 Å². The number of hydrogen-bond acceptors (Lipinski definition) is 2. The normalized spacial score (nSPS) is 15.7. The van der Waals surface area contributed by atoms with Gasteiger partial charge in [-0.05, 0) is 52.7 Å². The molecule has 1 rings (SSSR count). The Morgan fingerprint density at radius 1 is 1.05 bits per heavy atom. The smallest absolute Gasteiger partial charge is 0.223 e. The second-order valence-electron chi connectivity index (χ2n) is 7.31. The van der Waals surface area contributed by atoms with Crippen molar-refractivity contribution in [2.45, 2.75) is 78.7 Å². The summed E-state index contributed by atoms with van der Waals surface area (Å²) in [4.78, 5) is 0. The minimum absolute atomic E-state index is 0.290. The van der Waals surface area contributed by atoms with E-state index in [0.717, 1.165) is 29.5 Å². The molecule has 0 amide bonds. The number of nitrogens with zero attached hydrogens (tertiary/aromatic N) is 1. The van der Waals surface area contributed by atoms with Crippen LogP contribution in [-0.4, -0.2) is 26.8 Å². The topological polar surface area (TPSA) is 43.5 Å². The van der Waals surface area contributed by atoms with Gasteiger partial charge in [0.15, 0.2) is 0 Å². The predicted molar refractivity (Wildman–Crippen MR) is 92.5 cm³/mol. The molecule has 3 heteroatoms. The maximum Gasteiger partial charge on any atom is 0.223 e. The molecular formula is C19H32NO2+. The first-order chi connectivity index (χ1) is 10.1. The third kappa shape index (κ3) is 4.25. The van der Waals surface area contributed by atoms with Gasteiger partial charge in [-0.2, -0.15) is 0 Å². The van der Waals surface area contributed by atoms with E-state index in [1.165, 1.54) is 4.74 Å². The van der Waals surface area contributed by atoms with Gasteiger partial charge in [0.05, 0.1) is 0 Å². The summed E-state index contributed by atoms with van der Waals surface area (Å²) < 4.78 is 1.24. The number of benzene rings is 1. The lowest BCUT2D eigenvalue weighted by molar-refractivity contribution is -0.816. The Kier molecular flexibility index (Phi) is 6.04. The van der Waals surface area contributed by atoms with Crippen LogP contribution in [0.4, 0.5) is 0 Å². The first-order valence-electron chi connectivity index (χ1n) is 8.31. The fourth-order valence-electron chi connectivity index (χ4n) is 2.30. The predicted octanol–water partition coefficient (Wildman–Crippen LogP) is 5.04. The quantitative estimate of drug-likeness (QED) is 0.346. The molecule has 0 heterocycles. The molecular weight excluding hydrogens is 274 g/mol. The van der Waals surface area contributed by atoms with Crippen molar-refractivity contribution in [3.63, 3.8) is 0 Å². The monoisotopic (exact) mass is 306 g/mol. The summed E-state index contributed by atoms with van der Waals surface area (Å²) in [6.07, 6.45) is 3.69. The van der Waals surface area contributed by atoms with Crippen molar-refractivity contribution in [3.05, 3.63) is 28.8 Å². The minimum Gasteiger partial charge on any atom is -0.507 e. The molecule has 124 valence electrons. The van der Waals surface area contributed by atoms with Crippen molar-refractivity contribution in [1.29, 1.82) is 0 Å². The molecule has 3 nitrogen and oxygen atoms in total. The van der Waals surface area contributed by atoms with Crippen molar-refractivity contribution in [3.8, 4) is 5.75 Å². The first kappa shape index (κ1) is 18.5. The van der Waals surface area contributed by atoms with Crippen molar-refractivity contribution >= 4 is 6.21 Å². The van der Waals surface area contributed by atoms with E-state index in [1.54, 1.807) is 6.21 Å². The van der Waals surface area contributed by atoms with Crippen molar-refractivity contribution in [2.24, 2.45) is 0 Å². The molecule has 0 saturated heterocycles. The van der Waals surface area contributed by atoms with E-state index in [2.05, 4.69) is 27.7 Å². The zero-order valence-electron chi connectivity index (χ0n) is 15.1. The molecule has 2 atom stereocenters. The molecule has 22 heavy (non-hydrogen) atoms. The Bertz CT molecular complexity index is 510. The van der Waals surface area contributed by atoms with Gasteiger partial charge in [-0.1, -0.05) is 27.7 Å². The van der Waals surface area contributed by atoms with Gasteiger partial charge in [0, 0.05) is 26.3 Å². The number of phenolic OH excluding ortho intramolecular Hbond substituents is 1. The molecule has 2 unspecified atom stereocenters. The summed E-state index contributed by atoms with van der Waals surface area (Å²) in [6, 6.07) is 3.98. The molecule has 0 bridgehead atoms. The third-order valence-corrected chi connectivity index (χ3v) is 4.44. The Morgan fingerprint density at radius 2 is 1.45 bits per heavy atom. The van der Waals surface area contributed by atoms with Crippen LogP contribution in [-0.2, 0) is 0 Å². The van der Waals surface area contributed by atoms with Crippen LogP contribution in [0.1, 0.15) is 89.8 Å². The average molecular weight is 306 g/mol. The van der Waals surface area contributed by atoms with Gasteiger partial charge in [0.1, 0.15) is 5.75 Å². The van der Waals surface area contributed by atoms with Gasteiger partial charge in [-0.3, -0.25) is 5.21 Å². The lowest BCUT2D eigenvalue weighted by atomic mass is 9.88. The van der Waals surface area contributed by atoms with Crippen molar-refractivity contribution < 1.29 is 15.1 Å². The zero-order chi connectivity index (χ0) is 17.1. The second-order valence-corrected chi connectivity index (χ2v) is 7.31. The summed E-state index contributed by atoms with van der Waals surface area (Å²) in [5, 5.41) is 20.8. The average Bonchev–Trinajstić information content (AvgIpc) is 2.46. The summed E-state index contributed by atoms with van der Waals surface area (Å²) in [6.45, 7) is 14.4. The van der Waals surface area contributed by atoms with Crippen LogP contribution < -0.4 is 0 Å². The molecule has 1 aromatic carbocycles. The van der Waals surface area contributed by atoms with Gasteiger partial charge >= 0.3 is 0 Å². The maximum absolute atomic E-state index is 10.6. The standard InChI is InChI=1S/C19H31NO2/c1-8-13(3)16-10-15(12-20(22)19(5,6)7)11-17(18(16)21)14(4)9-2/h10-14,22H,8-9H2,1-7H3/p+1. The van der Waals surface area contributed by atoms with Gasteiger partial charge in [0.2, 0.25) is 11.8 Å². The van der Waals surface area contributed by atoms with Crippen LogP contribution in [0.15, 0.2) is 12.1 Å². The molecule has 0 aliphatic carbocycles. The van der Waals surface area contributed by atoms with E-state index in [-0.39, 0.29) is 17.4 Å². The van der Waals surface area contributed by atoms with Gasteiger partial charge in [0.25, 0.3) is 0 Å². The third-order valence-electron chi connectivity index (χ3n) is 4.44. The van der Waals surface area contributed by atoms with Crippen molar-refractivity contribution in [1.82, 2.24) is 0 Å². The van der Waals surface area contributed by atoms with Crippen LogP contribution in [0.3, 0.4) is 0 Å². The summed E-state index contributed by atoms with van der Waals surface area (Å²) in [7, 11) is 0. The zero-order valence-corrected chi connectivity index (χ0v) is 15.1. The van der Waals surface area contributed by atoms with Crippen LogP contribution in [0.2, 0.25) is 0 Å². The van der Waals surface area contributed by atoms with E-state index in [0.29, 0.717) is 5.75 Å². The van der Waals surface area contributed by atoms with E-state index >= 15 is 0 Å². The highest BCUT2D eigenvalue weighted by Gasteiger charge is 2.25.